The Morgan fingerprint density at radius 3 is 1.38 bits per heavy atom. The fourth-order valence-electron chi connectivity index (χ4n) is 2.47. The van der Waals surface area contributed by atoms with E-state index in [0.717, 1.165) is 17.4 Å². The van der Waals surface area contributed by atoms with Crippen LogP contribution in [0.3, 0.4) is 0 Å². The molecule has 21 heavy (non-hydrogen) atoms. The van der Waals surface area contributed by atoms with E-state index in [2.05, 4.69) is 31.4 Å². The van der Waals surface area contributed by atoms with Crippen LogP contribution in [0, 0.1) is 0 Å². The number of thiocarbonyl (C=S) groups is 1. The summed E-state index contributed by atoms with van der Waals surface area (Å²) in [5.41, 5.74) is 0. The third kappa shape index (κ3) is 17.4. The molecule has 0 bridgehead atoms. The Bertz CT molecular complexity index is 209. The molecule has 0 saturated heterocycles. The SMILES string of the molecule is CCCCCCCCN(CCCCCCCC)C(=S)S.[Na]. The van der Waals surface area contributed by atoms with E-state index >= 15 is 0 Å². The molecule has 0 unspecified atom stereocenters. The van der Waals surface area contributed by atoms with E-state index in [9.17, 15) is 0 Å². The maximum atomic E-state index is 5.25. The summed E-state index contributed by atoms with van der Waals surface area (Å²) in [6.45, 7) is 6.73. The quantitative estimate of drug-likeness (QED) is 0.183. The van der Waals surface area contributed by atoms with Gasteiger partial charge in [0.15, 0.2) is 0 Å². The summed E-state index contributed by atoms with van der Waals surface area (Å²) in [5, 5.41) is 0. The van der Waals surface area contributed by atoms with Crippen LogP contribution >= 0.6 is 24.8 Å². The number of rotatable bonds is 14. The molecule has 4 heteroatoms. The van der Waals surface area contributed by atoms with Crippen molar-refractivity contribution in [3.8, 4) is 0 Å². The molecule has 121 valence electrons. The number of hydrogen-bond donors (Lipinski definition) is 1. The second-order valence-corrected chi connectivity index (χ2v) is 6.92. The summed E-state index contributed by atoms with van der Waals surface area (Å²) in [6.07, 6.45) is 16.1. The molecule has 0 N–H and O–H groups in total. The number of nitrogens with zero attached hydrogens (tertiary/aromatic N) is 1. The molecule has 0 aliphatic carbocycles. The van der Waals surface area contributed by atoms with Gasteiger partial charge in [0, 0.05) is 42.6 Å². The second kappa shape index (κ2) is 19.3. The molecule has 0 heterocycles. The van der Waals surface area contributed by atoms with E-state index < -0.39 is 0 Å². The molecule has 0 aromatic rings. The third-order valence-corrected chi connectivity index (χ3v) is 4.37. The topological polar surface area (TPSA) is 3.24 Å². The predicted molar refractivity (Wildman–Crippen MR) is 106 cm³/mol. The van der Waals surface area contributed by atoms with Crippen LogP contribution in [0.4, 0.5) is 0 Å². The van der Waals surface area contributed by atoms with Crippen molar-refractivity contribution < 1.29 is 0 Å². The van der Waals surface area contributed by atoms with E-state index in [-0.39, 0.29) is 29.6 Å². The number of unbranched alkanes of at least 4 members (excludes halogenated alkanes) is 10. The fourth-order valence-corrected chi connectivity index (χ4v) is 2.85. The summed E-state index contributed by atoms with van der Waals surface area (Å²) in [5.74, 6) is 0. The zero-order chi connectivity index (χ0) is 15.1. The Morgan fingerprint density at radius 2 is 1.05 bits per heavy atom. The van der Waals surface area contributed by atoms with Crippen LogP contribution in [-0.2, 0) is 0 Å². The molecule has 0 aliphatic heterocycles. The Morgan fingerprint density at radius 1 is 0.714 bits per heavy atom. The van der Waals surface area contributed by atoms with Gasteiger partial charge in [-0.25, -0.2) is 0 Å². The van der Waals surface area contributed by atoms with Crippen LogP contribution in [0.1, 0.15) is 90.9 Å². The van der Waals surface area contributed by atoms with Gasteiger partial charge in [-0.3, -0.25) is 0 Å². The molecule has 0 atom stereocenters. The maximum Gasteiger partial charge on any atom is 0.133 e. The van der Waals surface area contributed by atoms with Crippen molar-refractivity contribution in [2.45, 2.75) is 90.9 Å². The molecule has 1 nitrogen and oxygen atoms in total. The first-order valence-electron chi connectivity index (χ1n) is 8.70. The van der Waals surface area contributed by atoms with Gasteiger partial charge in [0.25, 0.3) is 0 Å². The van der Waals surface area contributed by atoms with Gasteiger partial charge >= 0.3 is 0 Å². The fraction of sp³-hybridized carbons (Fsp3) is 0.941. The summed E-state index contributed by atoms with van der Waals surface area (Å²) in [6, 6.07) is 0. The van der Waals surface area contributed by atoms with E-state index in [1.807, 2.05) is 0 Å². The van der Waals surface area contributed by atoms with Crippen LogP contribution in [0.25, 0.3) is 0 Å². The van der Waals surface area contributed by atoms with Gasteiger partial charge in [-0.1, -0.05) is 90.3 Å². The van der Waals surface area contributed by atoms with E-state index in [1.54, 1.807) is 0 Å². The molecule has 0 saturated carbocycles. The monoisotopic (exact) mass is 340 g/mol. The Labute approximate surface area is 166 Å². The normalized spacial score (nSPS) is 10.2. The Hall–Kier alpha value is 1.24. The van der Waals surface area contributed by atoms with Gasteiger partial charge in [-0.15, -0.1) is 12.6 Å². The first-order chi connectivity index (χ1) is 9.72. The van der Waals surface area contributed by atoms with Crippen molar-refractivity contribution in [1.82, 2.24) is 4.90 Å². The summed E-state index contributed by atoms with van der Waals surface area (Å²) < 4.78 is 0.784. The van der Waals surface area contributed by atoms with Crippen molar-refractivity contribution in [2.75, 3.05) is 13.1 Å². The van der Waals surface area contributed by atoms with Gasteiger partial charge < -0.3 is 4.90 Å². The second-order valence-electron chi connectivity index (χ2n) is 5.81. The van der Waals surface area contributed by atoms with E-state index in [0.29, 0.717) is 0 Å². The first kappa shape index (κ1) is 24.5. The molecule has 0 spiro atoms. The van der Waals surface area contributed by atoms with Gasteiger partial charge in [0.1, 0.15) is 4.32 Å². The number of hydrogen-bond acceptors (Lipinski definition) is 1. The number of thiol groups is 1. The minimum atomic E-state index is 0. The zero-order valence-electron chi connectivity index (χ0n) is 14.7. The molecule has 1 radical (unpaired) electrons. The largest absolute Gasteiger partial charge is 0.358 e. The molecule has 0 aromatic carbocycles. The summed E-state index contributed by atoms with van der Waals surface area (Å²) in [4.78, 5) is 2.29. The van der Waals surface area contributed by atoms with Crippen LogP contribution in [0.15, 0.2) is 0 Å². The van der Waals surface area contributed by atoms with E-state index in [4.69, 9.17) is 12.2 Å². The zero-order valence-corrected chi connectivity index (χ0v) is 18.4. The van der Waals surface area contributed by atoms with Crippen molar-refractivity contribution in [1.29, 1.82) is 0 Å². The summed E-state index contributed by atoms with van der Waals surface area (Å²) >= 11 is 9.61. The maximum absolute atomic E-state index is 5.25. The minimum absolute atomic E-state index is 0. The van der Waals surface area contributed by atoms with E-state index in [1.165, 1.54) is 77.0 Å². The van der Waals surface area contributed by atoms with Crippen molar-refractivity contribution in [3.63, 3.8) is 0 Å². The molecule has 0 aromatic heterocycles. The molecule has 0 fully saturated rings. The van der Waals surface area contributed by atoms with Gasteiger partial charge in [0.05, 0.1) is 0 Å². The van der Waals surface area contributed by atoms with Gasteiger partial charge in [-0.05, 0) is 12.8 Å². The molecular formula is C17H35NNaS2. The standard InChI is InChI=1S/C17H35NS2.Na/c1-3-5-7-9-11-13-15-18(17(19)20)16-14-12-10-8-6-4-2;/h3-16H2,1-2H3,(H,19,20);. The molecule has 0 amide bonds. The molecule has 0 aliphatic rings. The average Bonchev–Trinajstić information content (AvgIpc) is 2.43. The van der Waals surface area contributed by atoms with Crippen molar-refractivity contribution in [3.05, 3.63) is 0 Å². The van der Waals surface area contributed by atoms with Gasteiger partial charge in [0.2, 0.25) is 0 Å². The Balaban J connectivity index is 0. The third-order valence-electron chi connectivity index (χ3n) is 3.83. The van der Waals surface area contributed by atoms with Crippen LogP contribution < -0.4 is 0 Å². The van der Waals surface area contributed by atoms with Crippen molar-refractivity contribution >= 4 is 58.7 Å². The summed E-state index contributed by atoms with van der Waals surface area (Å²) in [7, 11) is 0. The van der Waals surface area contributed by atoms with Crippen molar-refractivity contribution in [2.24, 2.45) is 0 Å². The van der Waals surface area contributed by atoms with Gasteiger partial charge in [-0.2, -0.15) is 0 Å². The minimum Gasteiger partial charge on any atom is -0.358 e. The molecule has 0 rings (SSSR count). The van der Waals surface area contributed by atoms with Crippen LogP contribution in [-0.4, -0.2) is 51.9 Å². The van der Waals surface area contributed by atoms with Crippen LogP contribution in [0.5, 0.6) is 0 Å². The Kier molecular flexibility index (Phi) is 22.5. The molecular weight excluding hydrogens is 305 g/mol. The first-order valence-corrected chi connectivity index (χ1v) is 9.55. The predicted octanol–water partition coefficient (Wildman–Crippen LogP) is 5.84. The smallest absolute Gasteiger partial charge is 0.133 e. The van der Waals surface area contributed by atoms with Crippen LogP contribution in [0.2, 0.25) is 0 Å². The average molecular weight is 341 g/mol.